The Kier molecular flexibility index (Phi) is 3.44. The van der Waals surface area contributed by atoms with E-state index in [9.17, 15) is 13.2 Å². The highest BCUT2D eigenvalue weighted by Gasteiger charge is 2.30. The average molecular weight is 303 g/mol. The highest BCUT2D eigenvalue weighted by atomic mass is 19.4. The molecule has 3 rings (SSSR count). The van der Waals surface area contributed by atoms with Gasteiger partial charge in [0, 0.05) is 23.5 Å². The molecule has 22 heavy (non-hydrogen) atoms. The molecular formula is C16H12F3N3. The molecule has 3 aromatic rings. The molecule has 0 bridgehead atoms. The summed E-state index contributed by atoms with van der Waals surface area (Å²) in [6.45, 7) is 1.95. The number of imidazole rings is 1. The molecule has 0 aliphatic rings. The molecule has 0 aliphatic carbocycles. The normalized spacial score (nSPS) is 11.6. The SMILES string of the molecule is Cc1ccncc1-c1cnc(-c2ccc(C(F)(F)F)cc2)[nH]1. The summed E-state index contributed by atoms with van der Waals surface area (Å²) in [5.41, 5.74) is 2.65. The summed E-state index contributed by atoms with van der Waals surface area (Å²) in [6.07, 6.45) is 0.738. The molecular weight excluding hydrogens is 291 g/mol. The zero-order valence-electron chi connectivity index (χ0n) is 11.6. The summed E-state index contributed by atoms with van der Waals surface area (Å²) in [6, 6.07) is 6.79. The molecule has 0 spiro atoms. The van der Waals surface area contributed by atoms with E-state index in [-0.39, 0.29) is 0 Å². The number of aryl methyl sites for hydroxylation is 1. The van der Waals surface area contributed by atoms with Crippen LogP contribution in [0.15, 0.2) is 48.9 Å². The Morgan fingerprint density at radius 2 is 1.73 bits per heavy atom. The maximum Gasteiger partial charge on any atom is 0.416 e. The minimum absolute atomic E-state index is 0.520. The van der Waals surface area contributed by atoms with Crippen molar-refractivity contribution in [3.05, 3.63) is 60.0 Å². The van der Waals surface area contributed by atoms with E-state index in [1.807, 2.05) is 13.0 Å². The third-order valence-corrected chi connectivity index (χ3v) is 3.39. The van der Waals surface area contributed by atoms with Gasteiger partial charge in [0.05, 0.1) is 17.5 Å². The van der Waals surface area contributed by atoms with Crippen molar-refractivity contribution in [3.63, 3.8) is 0 Å². The van der Waals surface area contributed by atoms with Gasteiger partial charge in [0.2, 0.25) is 0 Å². The van der Waals surface area contributed by atoms with Crippen LogP contribution in [-0.4, -0.2) is 15.0 Å². The first-order valence-electron chi connectivity index (χ1n) is 6.59. The van der Waals surface area contributed by atoms with Crippen LogP contribution in [0, 0.1) is 6.92 Å². The molecule has 2 heterocycles. The van der Waals surface area contributed by atoms with Crippen LogP contribution < -0.4 is 0 Å². The molecule has 0 unspecified atom stereocenters. The van der Waals surface area contributed by atoms with Crippen molar-refractivity contribution in [2.75, 3.05) is 0 Å². The lowest BCUT2D eigenvalue weighted by Gasteiger charge is -2.06. The molecule has 1 N–H and O–H groups in total. The van der Waals surface area contributed by atoms with E-state index in [2.05, 4.69) is 15.0 Å². The largest absolute Gasteiger partial charge is 0.416 e. The smallest absolute Gasteiger partial charge is 0.338 e. The molecule has 0 atom stereocenters. The molecule has 2 aromatic heterocycles. The number of benzene rings is 1. The first-order chi connectivity index (χ1) is 10.4. The van der Waals surface area contributed by atoms with E-state index in [0.29, 0.717) is 11.4 Å². The van der Waals surface area contributed by atoms with Gasteiger partial charge in [-0.15, -0.1) is 0 Å². The average Bonchev–Trinajstić information content (AvgIpc) is 2.96. The minimum Gasteiger partial charge on any atom is -0.338 e. The second kappa shape index (κ2) is 5.29. The van der Waals surface area contributed by atoms with Crippen LogP contribution in [-0.2, 0) is 6.18 Å². The second-order valence-corrected chi connectivity index (χ2v) is 4.91. The number of alkyl halides is 3. The molecule has 1 aromatic carbocycles. The van der Waals surface area contributed by atoms with Crippen molar-refractivity contribution in [2.24, 2.45) is 0 Å². The van der Waals surface area contributed by atoms with Crippen molar-refractivity contribution < 1.29 is 13.2 Å². The lowest BCUT2D eigenvalue weighted by atomic mass is 10.1. The van der Waals surface area contributed by atoms with Crippen molar-refractivity contribution in [3.8, 4) is 22.6 Å². The Hall–Kier alpha value is -2.63. The van der Waals surface area contributed by atoms with Gasteiger partial charge >= 0.3 is 6.18 Å². The lowest BCUT2D eigenvalue weighted by molar-refractivity contribution is -0.137. The van der Waals surface area contributed by atoms with Crippen LogP contribution in [0.25, 0.3) is 22.6 Å². The fourth-order valence-electron chi connectivity index (χ4n) is 2.17. The summed E-state index contributed by atoms with van der Waals surface area (Å²) >= 11 is 0. The maximum absolute atomic E-state index is 12.6. The number of nitrogens with one attached hydrogen (secondary N) is 1. The fraction of sp³-hybridized carbons (Fsp3) is 0.125. The zero-order valence-corrected chi connectivity index (χ0v) is 11.6. The molecule has 0 saturated heterocycles. The molecule has 0 amide bonds. The third-order valence-electron chi connectivity index (χ3n) is 3.39. The summed E-state index contributed by atoms with van der Waals surface area (Å²) in [4.78, 5) is 11.4. The standard InChI is InChI=1S/C16H12F3N3/c1-10-6-7-20-8-13(10)14-9-21-15(22-14)11-2-4-12(5-3-11)16(17,18)19/h2-9H,1H3,(H,21,22). The van der Waals surface area contributed by atoms with Gasteiger partial charge in [-0.1, -0.05) is 12.1 Å². The van der Waals surface area contributed by atoms with Gasteiger partial charge < -0.3 is 4.98 Å². The van der Waals surface area contributed by atoms with Crippen LogP contribution in [0.4, 0.5) is 13.2 Å². The first kappa shape index (κ1) is 14.3. The Balaban J connectivity index is 1.93. The van der Waals surface area contributed by atoms with Crippen LogP contribution in [0.1, 0.15) is 11.1 Å². The molecule has 6 heteroatoms. The number of hydrogen-bond acceptors (Lipinski definition) is 2. The summed E-state index contributed by atoms with van der Waals surface area (Å²) in [5, 5.41) is 0. The predicted octanol–water partition coefficient (Wildman–Crippen LogP) is 4.47. The van der Waals surface area contributed by atoms with Gasteiger partial charge in [-0.25, -0.2) is 4.98 Å². The molecule has 112 valence electrons. The van der Waals surface area contributed by atoms with Crippen LogP contribution in [0.5, 0.6) is 0 Å². The van der Waals surface area contributed by atoms with Gasteiger partial charge in [0.1, 0.15) is 5.82 Å². The lowest BCUT2D eigenvalue weighted by Crippen LogP contribution is -2.04. The molecule has 0 fully saturated rings. The summed E-state index contributed by atoms with van der Waals surface area (Å²) in [5.74, 6) is 0.520. The van der Waals surface area contributed by atoms with Gasteiger partial charge in [-0.3, -0.25) is 4.98 Å². The summed E-state index contributed by atoms with van der Waals surface area (Å²) in [7, 11) is 0. The second-order valence-electron chi connectivity index (χ2n) is 4.91. The summed E-state index contributed by atoms with van der Waals surface area (Å²) < 4.78 is 37.7. The van der Waals surface area contributed by atoms with Gasteiger partial charge in [0.25, 0.3) is 0 Å². The molecule has 0 saturated carbocycles. The number of H-pyrrole nitrogens is 1. The van der Waals surface area contributed by atoms with E-state index in [4.69, 9.17) is 0 Å². The van der Waals surface area contributed by atoms with Crippen LogP contribution in [0.3, 0.4) is 0 Å². The number of aromatic amines is 1. The van der Waals surface area contributed by atoms with Crippen molar-refractivity contribution in [1.82, 2.24) is 15.0 Å². The number of pyridine rings is 1. The minimum atomic E-state index is -4.33. The van der Waals surface area contributed by atoms with Gasteiger partial charge in [-0.2, -0.15) is 13.2 Å². The Labute approximate surface area is 124 Å². The van der Waals surface area contributed by atoms with Crippen LogP contribution in [0.2, 0.25) is 0 Å². The number of aromatic nitrogens is 3. The van der Waals surface area contributed by atoms with Crippen molar-refractivity contribution >= 4 is 0 Å². The molecule has 0 radical (unpaired) electrons. The van der Waals surface area contributed by atoms with E-state index in [1.165, 1.54) is 12.1 Å². The van der Waals surface area contributed by atoms with Crippen molar-refractivity contribution in [2.45, 2.75) is 13.1 Å². The quantitative estimate of drug-likeness (QED) is 0.759. The topological polar surface area (TPSA) is 41.6 Å². The highest BCUT2D eigenvalue weighted by Crippen LogP contribution is 2.31. The van der Waals surface area contributed by atoms with Gasteiger partial charge in [0.15, 0.2) is 0 Å². The van der Waals surface area contributed by atoms with Gasteiger partial charge in [-0.05, 0) is 30.7 Å². The van der Waals surface area contributed by atoms with E-state index in [1.54, 1.807) is 18.6 Å². The monoisotopic (exact) mass is 303 g/mol. The fourth-order valence-corrected chi connectivity index (χ4v) is 2.17. The Morgan fingerprint density at radius 1 is 1.00 bits per heavy atom. The first-order valence-corrected chi connectivity index (χ1v) is 6.59. The number of rotatable bonds is 2. The number of nitrogens with zero attached hydrogens (tertiary/aromatic N) is 2. The molecule has 0 aliphatic heterocycles. The zero-order chi connectivity index (χ0) is 15.7. The highest BCUT2D eigenvalue weighted by molar-refractivity contribution is 5.66. The van der Waals surface area contributed by atoms with E-state index >= 15 is 0 Å². The molecule has 3 nitrogen and oxygen atoms in total. The van der Waals surface area contributed by atoms with E-state index < -0.39 is 11.7 Å². The Morgan fingerprint density at radius 3 is 2.36 bits per heavy atom. The van der Waals surface area contributed by atoms with Crippen LogP contribution >= 0.6 is 0 Å². The van der Waals surface area contributed by atoms with Crippen molar-refractivity contribution in [1.29, 1.82) is 0 Å². The predicted molar refractivity (Wildman–Crippen MR) is 77.0 cm³/mol. The van der Waals surface area contributed by atoms with E-state index in [0.717, 1.165) is 29.0 Å². The third kappa shape index (κ3) is 2.72. The number of halogens is 3. The Bertz CT molecular complexity index is 789. The number of hydrogen-bond donors (Lipinski definition) is 1. The maximum atomic E-state index is 12.6.